The molecule has 0 unspecified atom stereocenters. The first-order valence-electron chi connectivity index (χ1n) is 6.49. The summed E-state index contributed by atoms with van der Waals surface area (Å²) in [7, 11) is 3.12. The monoisotopic (exact) mass is 286 g/mol. The molecule has 2 rings (SSSR count). The molecule has 2 aromatic carbocycles. The van der Waals surface area contributed by atoms with E-state index in [1.165, 1.54) is 7.11 Å². The number of nitrogens with two attached hydrogens (primary N) is 1. The van der Waals surface area contributed by atoms with Crippen molar-refractivity contribution in [1.29, 1.82) is 0 Å². The Morgan fingerprint density at radius 1 is 1.10 bits per heavy atom. The van der Waals surface area contributed by atoms with Crippen molar-refractivity contribution >= 4 is 11.6 Å². The number of hydrogen-bond acceptors (Lipinski definition) is 4. The van der Waals surface area contributed by atoms with Crippen LogP contribution in [0.15, 0.2) is 42.5 Å². The maximum absolute atomic E-state index is 12.2. The molecule has 1 amide bonds. The molecule has 0 saturated carbocycles. The molecule has 5 nitrogen and oxygen atoms in total. The summed E-state index contributed by atoms with van der Waals surface area (Å²) in [6, 6.07) is 12.6. The van der Waals surface area contributed by atoms with Gasteiger partial charge in [0.2, 0.25) is 0 Å². The van der Waals surface area contributed by atoms with E-state index in [-0.39, 0.29) is 5.91 Å². The summed E-state index contributed by atoms with van der Waals surface area (Å²) in [5.74, 6) is 0.974. The van der Waals surface area contributed by atoms with Gasteiger partial charge in [-0.05, 0) is 29.8 Å². The smallest absolute Gasteiger partial charge is 0.257 e. The van der Waals surface area contributed by atoms with Gasteiger partial charge in [-0.3, -0.25) is 4.79 Å². The van der Waals surface area contributed by atoms with Crippen molar-refractivity contribution in [3.63, 3.8) is 0 Å². The highest BCUT2D eigenvalue weighted by molar-refractivity contribution is 6.01. The van der Waals surface area contributed by atoms with Crippen molar-refractivity contribution in [3.05, 3.63) is 53.6 Å². The van der Waals surface area contributed by atoms with E-state index in [0.29, 0.717) is 23.5 Å². The van der Waals surface area contributed by atoms with E-state index in [0.717, 1.165) is 11.3 Å². The third-order valence-corrected chi connectivity index (χ3v) is 3.12. The summed E-state index contributed by atoms with van der Waals surface area (Å²) in [6.45, 7) is 0.403. The van der Waals surface area contributed by atoms with Crippen molar-refractivity contribution in [1.82, 2.24) is 5.32 Å². The van der Waals surface area contributed by atoms with Crippen LogP contribution >= 0.6 is 0 Å². The molecule has 0 spiro atoms. The number of amides is 1. The predicted octanol–water partition coefficient (Wildman–Crippen LogP) is 2.22. The lowest BCUT2D eigenvalue weighted by Gasteiger charge is -2.11. The number of methoxy groups -OCH3 is 2. The molecule has 110 valence electrons. The van der Waals surface area contributed by atoms with Crippen molar-refractivity contribution in [3.8, 4) is 11.5 Å². The van der Waals surface area contributed by atoms with Gasteiger partial charge < -0.3 is 20.5 Å². The standard InChI is InChI=1S/C16H18N2O3/c1-20-12-8-6-11(7-9-12)10-18-16(19)15-13(17)4-3-5-14(15)21-2/h3-9H,10,17H2,1-2H3,(H,18,19). The van der Waals surface area contributed by atoms with Gasteiger partial charge in [0.15, 0.2) is 0 Å². The minimum absolute atomic E-state index is 0.263. The molecule has 0 aliphatic rings. The molecule has 3 N–H and O–H groups in total. The lowest BCUT2D eigenvalue weighted by atomic mass is 10.1. The van der Waals surface area contributed by atoms with Crippen LogP contribution in [0.5, 0.6) is 11.5 Å². The van der Waals surface area contributed by atoms with Gasteiger partial charge in [-0.2, -0.15) is 0 Å². The van der Waals surface area contributed by atoms with Gasteiger partial charge in [0, 0.05) is 12.2 Å². The number of hydrogen-bond donors (Lipinski definition) is 2. The van der Waals surface area contributed by atoms with E-state index in [1.54, 1.807) is 25.3 Å². The topological polar surface area (TPSA) is 73.6 Å². The van der Waals surface area contributed by atoms with Gasteiger partial charge in [0.05, 0.1) is 14.2 Å². The average Bonchev–Trinajstić information content (AvgIpc) is 2.52. The quantitative estimate of drug-likeness (QED) is 0.827. The van der Waals surface area contributed by atoms with Gasteiger partial charge in [-0.15, -0.1) is 0 Å². The van der Waals surface area contributed by atoms with Crippen LogP contribution in [0.2, 0.25) is 0 Å². The number of rotatable bonds is 5. The molecule has 0 saturated heterocycles. The zero-order valence-electron chi connectivity index (χ0n) is 12.1. The Labute approximate surface area is 123 Å². The van der Waals surface area contributed by atoms with Crippen LogP contribution in [-0.4, -0.2) is 20.1 Å². The van der Waals surface area contributed by atoms with Crippen LogP contribution in [-0.2, 0) is 6.54 Å². The van der Waals surface area contributed by atoms with Gasteiger partial charge >= 0.3 is 0 Å². The van der Waals surface area contributed by atoms with Gasteiger partial charge in [-0.25, -0.2) is 0 Å². The molecule has 5 heteroatoms. The Kier molecular flexibility index (Phi) is 4.66. The molecule has 0 atom stereocenters. The van der Waals surface area contributed by atoms with E-state index < -0.39 is 0 Å². The van der Waals surface area contributed by atoms with Crippen LogP contribution in [0, 0.1) is 0 Å². The number of nitrogens with one attached hydrogen (secondary N) is 1. The van der Waals surface area contributed by atoms with Crippen molar-refractivity contribution < 1.29 is 14.3 Å². The third-order valence-electron chi connectivity index (χ3n) is 3.12. The minimum atomic E-state index is -0.263. The molecular formula is C16H18N2O3. The van der Waals surface area contributed by atoms with Crippen LogP contribution in [0.25, 0.3) is 0 Å². The predicted molar refractivity (Wildman–Crippen MR) is 81.6 cm³/mol. The maximum Gasteiger partial charge on any atom is 0.257 e. The normalized spacial score (nSPS) is 10.0. The average molecular weight is 286 g/mol. The Morgan fingerprint density at radius 2 is 1.81 bits per heavy atom. The summed E-state index contributed by atoms with van der Waals surface area (Å²) in [5.41, 5.74) is 7.56. The van der Waals surface area contributed by atoms with Gasteiger partial charge in [0.1, 0.15) is 17.1 Å². The Hall–Kier alpha value is -2.69. The largest absolute Gasteiger partial charge is 0.497 e. The molecule has 0 bridgehead atoms. The van der Waals surface area contributed by atoms with E-state index in [9.17, 15) is 4.79 Å². The first-order chi connectivity index (χ1) is 10.2. The fourth-order valence-corrected chi connectivity index (χ4v) is 1.98. The number of anilines is 1. The van der Waals surface area contributed by atoms with E-state index >= 15 is 0 Å². The highest BCUT2D eigenvalue weighted by Crippen LogP contribution is 2.24. The Balaban J connectivity index is 2.08. The molecule has 0 aliphatic carbocycles. The zero-order chi connectivity index (χ0) is 15.2. The van der Waals surface area contributed by atoms with E-state index in [2.05, 4.69) is 5.32 Å². The number of carbonyl (C=O) groups is 1. The second-order valence-electron chi connectivity index (χ2n) is 4.46. The van der Waals surface area contributed by atoms with Crippen molar-refractivity contribution in [2.24, 2.45) is 0 Å². The molecule has 0 fully saturated rings. The molecule has 0 aromatic heterocycles. The molecule has 0 radical (unpaired) electrons. The van der Waals surface area contributed by atoms with E-state index in [1.807, 2.05) is 24.3 Å². The van der Waals surface area contributed by atoms with Crippen LogP contribution < -0.4 is 20.5 Å². The Bertz CT molecular complexity index is 624. The third kappa shape index (κ3) is 3.45. The summed E-state index contributed by atoms with van der Waals surface area (Å²) in [6.07, 6.45) is 0. The fourth-order valence-electron chi connectivity index (χ4n) is 1.98. The van der Waals surface area contributed by atoms with E-state index in [4.69, 9.17) is 15.2 Å². The highest BCUT2D eigenvalue weighted by Gasteiger charge is 2.15. The maximum atomic E-state index is 12.2. The molecule has 0 aliphatic heterocycles. The first-order valence-corrected chi connectivity index (χ1v) is 6.49. The Morgan fingerprint density at radius 3 is 2.43 bits per heavy atom. The van der Waals surface area contributed by atoms with Crippen LogP contribution in [0.1, 0.15) is 15.9 Å². The van der Waals surface area contributed by atoms with Gasteiger partial charge in [-0.1, -0.05) is 18.2 Å². The fraction of sp³-hybridized carbons (Fsp3) is 0.188. The number of carbonyl (C=O) groups excluding carboxylic acids is 1. The lowest BCUT2D eigenvalue weighted by Crippen LogP contribution is -2.24. The summed E-state index contributed by atoms with van der Waals surface area (Å²) in [5, 5.41) is 2.83. The molecule has 0 heterocycles. The van der Waals surface area contributed by atoms with Crippen molar-refractivity contribution in [2.75, 3.05) is 20.0 Å². The number of nitrogen functional groups attached to an aromatic ring is 1. The number of ether oxygens (including phenoxy) is 2. The number of benzene rings is 2. The van der Waals surface area contributed by atoms with Crippen LogP contribution in [0.3, 0.4) is 0 Å². The summed E-state index contributed by atoms with van der Waals surface area (Å²) >= 11 is 0. The molecule has 2 aromatic rings. The molecule has 21 heavy (non-hydrogen) atoms. The second-order valence-corrected chi connectivity index (χ2v) is 4.46. The van der Waals surface area contributed by atoms with Crippen LogP contribution in [0.4, 0.5) is 5.69 Å². The van der Waals surface area contributed by atoms with Crippen molar-refractivity contribution in [2.45, 2.75) is 6.54 Å². The first kappa shape index (κ1) is 14.7. The van der Waals surface area contributed by atoms with Gasteiger partial charge in [0.25, 0.3) is 5.91 Å². The summed E-state index contributed by atoms with van der Waals surface area (Å²) < 4.78 is 10.3. The second kappa shape index (κ2) is 6.65. The highest BCUT2D eigenvalue weighted by atomic mass is 16.5. The summed E-state index contributed by atoms with van der Waals surface area (Å²) in [4.78, 5) is 12.2. The molecular weight excluding hydrogens is 268 g/mol. The lowest BCUT2D eigenvalue weighted by molar-refractivity contribution is 0.0949. The zero-order valence-corrected chi connectivity index (χ0v) is 12.1. The SMILES string of the molecule is COc1ccc(CNC(=O)c2c(N)cccc2OC)cc1. The minimum Gasteiger partial charge on any atom is -0.497 e.